The minimum Gasteiger partial charge on any atom is -0.556 e. The monoisotopic (exact) mass is 1000 g/mol. The van der Waals surface area contributed by atoms with Crippen molar-refractivity contribution >= 4 is 11.1 Å². The van der Waals surface area contributed by atoms with E-state index in [9.17, 15) is 0 Å². The van der Waals surface area contributed by atoms with Crippen molar-refractivity contribution in [3.05, 3.63) is 246 Å². The van der Waals surface area contributed by atoms with Gasteiger partial charge in [-0.25, -0.2) is 0 Å². The Balaban J connectivity index is 1.21. The van der Waals surface area contributed by atoms with Crippen LogP contribution in [0.25, 0.3) is 32.4 Å². The van der Waals surface area contributed by atoms with E-state index in [0.29, 0.717) is 108 Å². The number of aryl methyl sites for hydroxylation is 2. The van der Waals surface area contributed by atoms with Gasteiger partial charge in [-0.1, -0.05) is 88.8 Å². The average molecular weight is 1010 g/mol. The lowest BCUT2D eigenvalue weighted by Gasteiger charge is -2.30. The molecule has 0 saturated heterocycles. The van der Waals surface area contributed by atoms with Gasteiger partial charge in [0.2, 0.25) is 0 Å². The number of rotatable bonds is 20. The lowest BCUT2D eigenvalue weighted by molar-refractivity contribution is 0.321. The molecule has 0 aromatic heterocycles. The molecule has 4 aromatic carbocycles. The Morgan fingerprint density at radius 1 is 0.368 bits per heavy atom. The van der Waals surface area contributed by atoms with E-state index in [1.165, 1.54) is 62.5 Å². The van der Waals surface area contributed by atoms with Gasteiger partial charge in [-0.05, 0) is 149 Å². The smallest absolute Gasteiger partial charge is 0.173 e. The van der Waals surface area contributed by atoms with Gasteiger partial charge in [0, 0.05) is 82.5 Å². The van der Waals surface area contributed by atoms with Crippen molar-refractivity contribution < 1.29 is 18.9 Å². The maximum absolute atomic E-state index is 6.39. The highest BCUT2D eigenvalue weighted by Gasteiger charge is 2.35. The first-order chi connectivity index (χ1) is 37.4. The summed E-state index contributed by atoms with van der Waals surface area (Å²) in [6.45, 7) is 14.2. The summed E-state index contributed by atoms with van der Waals surface area (Å²) >= 11 is 0. The molecule has 0 radical (unpaired) electrons. The Labute approximate surface area is 453 Å². The van der Waals surface area contributed by atoms with E-state index in [1.54, 1.807) is 0 Å². The number of allylic oxidation sites excluding steroid dienone is 4. The second-order valence-corrected chi connectivity index (χ2v) is 18.9. The van der Waals surface area contributed by atoms with Gasteiger partial charge >= 0.3 is 0 Å². The summed E-state index contributed by atoms with van der Waals surface area (Å²) in [5.41, 5.74) is 11.5. The predicted octanol–water partition coefficient (Wildman–Crippen LogP) is 17.2. The molecule has 384 valence electrons. The van der Waals surface area contributed by atoms with Crippen LogP contribution in [0.3, 0.4) is 0 Å². The zero-order valence-corrected chi connectivity index (χ0v) is 45.0. The van der Waals surface area contributed by atoms with Crippen LogP contribution in [0.4, 0.5) is 0 Å². The molecule has 0 unspecified atom stereocenters. The molecule has 0 atom stereocenters. The summed E-state index contributed by atoms with van der Waals surface area (Å²) in [7, 11) is 0. The third-order valence-corrected chi connectivity index (χ3v) is 13.5. The first kappa shape index (κ1) is 52.7. The summed E-state index contributed by atoms with van der Waals surface area (Å²) < 4.78 is 25.6. The molecule has 9 rings (SSSR count). The van der Waals surface area contributed by atoms with Gasteiger partial charge in [-0.3, -0.25) is 0 Å². The second kappa shape index (κ2) is 25.8. The van der Waals surface area contributed by atoms with Crippen LogP contribution in [0.15, 0.2) is 167 Å². The minimum absolute atomic E-state index is 0.450. The SMILES string of the molecule is CCCCCCc1ccc(C#C/C2=C3\C=C[C+]([N-]3)/C(c3c(OCC)cccc3OCC)=C3/C=C[C+]([N-]3)/C(C#Cc3ccc(CCCCCC)cc3)=C3/C=C[C+]([N-]3)/C(c3c(OCC)cccc3OCC)=C3/C=C[C+]2[N-]3)cc1. The normalized spacial score (nSPS) is 18.9. The highest BCUT2D eigenvalue weighted by Crippen LogP contribution is 2.55. The van der Waals surface area contributed by atoms with E-state index in [1.807, 2.05) is 113 Å². The molecule has 0 saturated carbocycles. The topological polar surface area (TPSA) is 93.3 Å². The third-order valence-electron chi connectivity index (χ3n) is 13.5. The molecule has 4 aromatic rings. The van der Waals surface area contributed by atoms with Crippen molar-refractivity contribution in [2.75, 3.05) is 26.4 Å². The Morgan fingerprint density at radius 3 is 1.07 bits per heavy atom. The van der Waals surface area contributed by atoms with E-state index in [4.69, 9.17) is 40.2 Å². The summed E-state index contributed by atoms with van der Waals surface area (Å²) in [6.07, 6.45) is 28.1. The maximum atomic E-state index is 6.39. The molecule has 0 aliphatic carbocycles. The van der Waals surface area contributed by atoms with Gasteiger partial charge in [0.05, 0.1) is 49.4 Å². The van der Waals surface area contributed by atoms with Crippen LogP contribution in [0, 0.1) is 47.8 Å². The quantitative estimate of drug-likeness (QED) is 0.0501. The first-order valence-corrected chi connectivity index (χ1v) is 27.5. The molecule has 0 fully saturated rings. The van der Waals surface area contributed by atoms with Crippen molar-refractivity contribution in [2.45, 2.75) is 106 Å². The van der Waals surface area contributed by atoms with Gasteiger partial charge in [0.1, 0.15) is 22.3 Å². The van der Waals surface area contributed by atoms with Crippen molar-refractivity contribution in [1.29, 1.82) is 0 Å². The number of ether oxygens (including phenoxy) is 4. The molecule has 8 nitrogen and oxygen atoms in total. The summed E-state index contributed by atoms with van der Waals surface area (Å²) in [4.78, 5) is 0. The molecule has 8 bridgehead atoms. The van der Waals surface area contributed by atoms with Crippen LogP contribution >= 0.6 is 0 Å². The highest BCUT2D eigenvalue weighted by molar-refractivity contribution is 5.97. The zero-order valence-electron chi connectivity index (χ0n) is 45.0. The summed E-state index contributed by atoms with van der Waals surface area (Å²) in [6, 6.07) is 31.7. The number of benzene rings is 4. The fraction of sp³-hybridized carbons (Fsp3) is 0.294. The zero-order chi connectivity index (χ0) is 52.6. The fourth-order valence-electron chi connectivity index (χ4n) is 9.76. The summed E-state index contributed by atoms with van der Waals surface area (Å²) in [5, 5.41) is 21.8. The van der Waals surface area contributed by atoms with Gasteiger partial charge in [-0.15, -0.1) is 0 Å². The second-order valence-electron chi connectivity index (χ2n) is 18.9. The molecule has 5 heterocycles. The molecule has 0 N–H and O–H groups in total. The molecule has 5 aliphatic heterocycles. The molecule has 8 heteroatoms. The first-order valence-electron chi connectivity index (χ1n) is 27.5. The Hall–Kier alpha value is -8.20. The van der Waals surface area contributed by atoms with E-state index < -0.39 is 0 Å². The average Bonchev–Trinajstić information content (AvgIpc) is 4.33. The Bertz CT molecular complexity index is 2830. The predicted molar refractivity (Wildman–Crippen MR) is 311 cm³/mol. The van der Waals surface area contributed by atoms with Crippen molar-refractivity contribution in [3.8, 4) is 46.7 Å². The number of hydrogen-bond acceptors (Lipinski definition) is 4. The van der Waals surface area contributed by atoms with Gasteiger partial charge in [-0.2, -0.15) is 0 Å². The van der Waals surface area contributed by atoms with E-state index in [-0.39, 0.29) is 0 Å². The molecule has 5 aliphatic rings. The van der Waals surface area contributed by atoms with Gasteiger partial charge in [0.15, 0.2) is 23.0 Å². The van der Waals surface area contributed by atoms with Gasteiger partial charge in [0.25, 0.3) is 0 Å². The molecular formula is C68H68N4O4. The molecule has 0 amide bonds. The number of fused-ring (bicyclic) bond motifs is 8. The van der Waals surface area contributed by atoms with Crippen LogP contribution in [0.1, 0.15) is 126 Å². The van der Waals surface area contributed by atoms with Crippen LogP contribution in [-0.2, 0) is 12.8 Å². The van der Waals surface area contributed by atoms with Crippen LogP contribution in [0.2, 0.25) is 0 Å². The van der Waals surface area contributed by atoms with Crippen LogP contribution in [-0.4, -0.2) is 26.4 Å². The highest BCUT2D eigenvalue weighted by atomic mass is 16.5. The lowest BCUT2D eigenvalue weighted by atomic mass is 9.94. The number of hydrogen-bond donors (Lipinski definition) is 0. The fourth-order valence-corrected chi connectivity index (χ4v) is 9.76. The lowest BCUT2D eigenvalue weighted by Crippen LogP contribution is -2.07. The standard InChI is InChI=1S/C68H68N4O4/c1-7-13-15-17-21-47-27-31-49(32-28-47)35-37-51-53-39-43-57(69-53)65(67-61(73-9-3)23-19-24-62(67)74-10-4)59-45-41-55(71-59)52(38-36-50-33-29-48(30-34-50)22-18-16-14-8-2)56-42-46-60(72-56)66(58-44-40-54(51)70-58)68-63(75-11-5)25-20-26-64(68)76-12-6/h19-20,23-34,39-46H,7-18,21-22H2,1-6H3/b53-51-,56-52-,65-59+,66-58+. The van der Waals surface area contributed by atoms with E-state index in [2.05, 4.69) is 86.1 Å². The largest absolute Gasteiger partial charge is 0.556 e. The van der Waals surface area contributed by atoms with Crippen LogP contribution in [0.5, 0.6) is 23.0 Å². The molecule has 0 spiro atoms. The number of nitrogens with zero attached hydrogens (tertiary/aromatic N) is 4. The maximum Gasteiger partial charge on any atom is 0.173 e. The van der Waals surface area contributed by atoms with E-state index in [0.717, 1.165) is 46.2 Å². The number of unbranched alkanes of at least 4 members (excludes halogenated alkanes) is 6. The van der Waals surface area contributed by atoms with Crippen LogP contribution < -0.4 is 18.9 Å². The van der Waals surface area contributed by atoms with E-state index >= 15 is 0 Å². The molecular weight excluding hydrogens is 937 g/mol. The molecule has 76 heavy (non-hydrogen) atoms. The van der Waals surface area contributed by atoms with Crippen molar-refractivity contribution in [2.24, 2.45) is 0 Å². The van der Waals surface area contributed by atoms with Gasteiger partial charge < -0.3 is 40.2 Å². The summed E-state index contributed by atoms with van der Waals surface area (Å²) in [5.74, 6) is 16.8. The van der Waals surface area contributed by atoms with Crippen molar-refractivity contribution in [3.63, 3.8) is 0 Å². The Kier molecular flexibility index (Phi) is 17.9. The minimum atomic E-state index is 0.450. The Morgan fingerprint density at radius 2 is 0.711 bits per heavy atom. The third kappa shape index (κ3) is 12.3. The van der Waals surface area contributed by atoms with Crippen molar-refractivity contribution in [1.82, 2.24) is 0 Å².